The molecule has 1 unspecified atom stereocenters. The molecule has 5 N–H and O–H groups in total. The lowest BCUT2D eigenvalue weighted by atomic mass is 10.0. The Labute approximate surface area is 74.5 Å². The van der Waals surface area contributed by atoms with Gasteiger partial charge in [-0.25, -0.2) is 0 Å². The van der Waals surface area contributed by atoms with Gasteiger partial charge in [0.1, 0.15) is 11.6 Å². The van der Waals surface area contributed by atoms with Gasteiger partial charge in [-0.2, -0.15) is 0 Å². The third-order valence-electron chi connectivity index (χ3n) is 1.66. The number of aliphatic carboxylic acids is 1. The number of anilines is 1. The van der Waals surface area contributed by atoms with Gasteiger partial charge >= 0.3 is 5.97 Å². The number of carboxylic acid groups (broad SMARTS) is 1. The van der Waals surface area contributed by atoms with E-state index in [1.165, 1.54) is 6.07 Å². The second-order valence-corrected chi connectivity index (χ2v) is 2.62. The van der Waals surface area contributed by atoms with Crippen molar-refractivity contribution in [1.82, 2.24) is 5.16 Å². The van der Waals surface area contributed by atoms with Crippen molar-refractivity contribution in [2.45, 2.75) is 12.3 Å². The fourth-order valence-electron chi connectivity index (χ4n) is 1.03. The molecule has 1 atom stereocenters. The number of aromatic nitrogens is 1. The lowest BCUT2D eigenvalue weighted by Gasteiger charge is -2.05. The number of hydrogen-bond donors (Lipinski definition) is 3. The molecule has 0 fully saturated rings. The van der Waals surface area contributed by atoms with Gasteiger partial charge in [0.05, 0.1) is 0 Å². The van der Waals surface area contributed by atoms with Crippen LogP contribution in [-0.2, 0) is 4.79 Å². The molecule has 1 aromatic rings. The Balaban J connectivity index is 2.81. The van der Waals surface area contributed by atoms with Gasteiger partial charge in [-0.3, -0.25) is 4.79 Å². The average Bonchev–Trinajstić information content (AvgIpc) is 2.46. The van der Waals surface area contributed by atoms with Crippen molar-refractivity contribution < 1.29 is 14.4 Å². The summed E-state index contributed by atoms with van der Waals surface area (Å²) < 4.78 is 4.57. The number of carboxylic acids is 1. The molecule has 0 aliphatic rings. The fourth-order valence-corrected chi connectivity index (χ4v) is 1.03. The van der Waals surface area contributed by atoms with Crippen LogP contribution in [0.2, 0.25) is 0 Å². The van der Waals surface area contributed by atoms with Crippen LogP contribution >= 0.6 is 0 Å². The highest BCUT2D eigenvalue weighted by atomic mass is 16.5. The van der Waals surface area contributed by atoms with E-state index in [2.05, 4.69) is 9.68 Å². The number of nitrogens with two attached hydrogens (primary N) is 2. The molecule has 13 heavy (non-hydrogen) atoms. The normalized spacial score (nSPS) is 12.7. The van der Waals surface area contributed by atoms with Crippen molar-refractivity contribution in [1.29, 1.82) is 0 Å². The molecular weight excluding hydrogens is 174 g/mol. The van der Waals surface area contributed by atoms with Crippen LogP contribution in [-0.4, -0.2) is 22.8 Å². The van der Waals surface area contributed by atoms with E-state index < -0.39 is 11.9 Å². The highest BCUT2D eigenvalue weighted by Crippen LogP contribution is 2.19. The molecule has 0 radical (unpaired) electrons. The molecule has 1 heterocycles. The lowest BCUT2D eigenvalue weighted by molar-refractivity contribution is -0.139. The van der Waals surface area contributed by atoms with Crippen molar-refractivity contribution in [3.8, 4) is 0 Å². The Bertz CT molecular complexity index is 297. The summed E-state index contributed by atoms with van der Waals surface area (Å²) in [6.07, 6.45) is 0.321. The Kier molecular flexibility index (Phi) is 2.86. The van der Waals surface area contributed by atoms with Gasteiger partial charge in [-0.1, -0.05) is 5.16 Å². The monoisotopic (exact) mass is 185 g/mol. The maximum Gasteiger partial charge on any atom is 0.312 e. The van der Waals surface area contributed by atoms with Gasteiger partial charge in [-0.05, 0) is 13.0 Å². The van der Waals surface area contributed by atoms with E-state index in [0.29, 0.717) is 12.1 Å². The van der Waals surface area contributed by atoms with Crippen LogP contribution in [0.1, 0.15) is 18.0 Å². The lowest BCUT2D eigenvalue weighted by Crippen LogP contribution is -2.16. The summed E-state index contributed by atoms with van der Waals surface area (Å²) >= 11 is 0. The molecule has 72 valence electrons. The minimum absolute atomic E-state index is 0.110. The summed E-state index contributed by atoms with van der Waals surface area (Å²) in [5.74, 6) is -1.59. The van der Waals surface area contributed by atoms with Crippen LogP contribution in [0.15, 0.2) is 10.6 Å². The molecule has 0 amide bonds. The molecule has 1 aromatic heterocycles. The molecule has 0 aliphatic carbocycles. The second kappa shape index (κ2) is 3.90. The number of nitrogen functional groups attached to an aromatic ring is 1. The van der Waals surface area contributed by atoms with Gasteiger partial charge in [0.2, 0.25) is 5.88 Å². The molecule has 0 saturated heterocycles. The predicted octanol–water partition coefficient (Wildman–Crippen LogP) is -0.226. The first-order valence-electron chi connectivity index (χ1n) is 3.80. The van der Waals surface area contributed by atoms with Gasteiger partial charge in [-0.15, -0.1) is 0 Å². The summed E-state index contributed by atoms with van der Waals surface area (Å²) in [6.45, 7) is 0.281. The highest BCUT2D eigenvalue weighted by molar-refractivity contribution is 5.75. The van der Waals surface area contributed by atoms with Crippen LogP contribution < -0.4 is 11.5 Å². The van der Waals surface area contributed by atoms with E-state index in [0.717, 1.165) is 0 Å². The molecule has 0 bridgehead atoms. The van der Waals surface area contributed by atoms with E-state index in [1.807, 2.05) is 0 Å². The summed E-state index contributed by atoms with van der Waals surface area (Å²) in [6, 6.07) is 1.40. The third-order valence-corrected chi connectivity index (χ3v) is 1.66. The second-order valence-electron chi connectivity index (χ2n) is 2.62. The number of nitrogens with zero attached hydrogens (tertiary/aromatic N) is 1. The predicted molar refractivity (Wildman–Crippen MR) is 45.0 cm³/mol. The maximum atomic E-state index is 10.7. The summed E-state index contributed by atoms with van der Waals surface area (Å²) in [5.41, 5.74) is 10.8. The van der Waals surface area contributed by atoms with Crippen molar-refractivity contribution in [2.24, 2.45) is 5.73 Å². The first kappa shape index (κ1) is 9.53. The van der Waals surface area contributed by atoms with Crippen LogP contribution in [0.5, 0.6) is 0 Å². The Hall–Kier alpha value is -1.56. The van der Waals surface area contributed by atoms with E-state index in [4.69, 9.17) is 16.6 Å². The Morgan fingerprint density at radius 3 is 2.85 bits per heavy atom. The zero-order chi connectivity index (χ0) is 9.84. The third kappa shape index (κ3) is 2.19. The number of rotatable bonds is 4. The maximum absolute atomic E-state index is 10.7. The zero-order valence-corrected chi connectivity index (χ0v) is 6.93. The Morgan fingerprint density at radius 2 is 2.46 bits per heavy atom. The SMILES string of the molecule is NCCC(C(=O)O)c1cc(N)on1. The quantitative estimate of drug-likeness (QED) is 0.596. The van der Waals surface area contributed by atoms with E-state index >= 15 is 0 Å². The van der Waals surface area contributed by atoms with Crippen LogP contribution in [0.4, 0.5) is 5.88 Å². The molecule has 6 nitrogen and oxygen atoms in total. The molecule has 1 rings (SSSR count). The minimum atomic E-state index is -0.973. The fraction of sp³-hybridized carbons (Fsp3) is 0.429. The van der Waals surface area contributed by atoms with Gasteiger partial charge in [0.25, 0.3) is 0 Å². The molecular formula is C7H11N3O3. The summed E-state index contributed by atoms with van der Waals surface area (Å²) in [7, 11) is 0. The topological polar surface area (TPSA) is 115 Å². The van der Waals surface area contributed by atoms with Gasteiger partial charge in [0, 0.05) is 6.07 Å². The molecule has 0 spiro atoms. The largest absolute Gasteiger partial charge is 0.481 e. The average molecular weight is 185 g/mol. The zero-order valence-electron chi connectivity index (χ0n) is 6.93. The van der Waals surface area contributed by atoms with Gasteiger partial charge in [0.15, 0.2) is 0 Å². The molecule has 0 aliphatic heterocycles. The van der Waals surface area contributed by atoms with Gasteiger partial charge < -0.3 is 21.1 Å². The smallest absolute Gasteiger partial charge is 0.312 e. The van der Waals surface area contributed by atoms with Crippen LogP contribution in [0.25, 0.3) is 0 Å². The Morgan fingerprint density at radius 1 is 1.77 bits per heavy atom. The summed E-state index contributed by atoms with van der Waals surface area (Å²) in [5, 5.41) is 12.3. The van der Waals surface area contributed by atoms with E-state index in [9.17, 15) is 4.79 Å². The van der Waals surface area contributed by atoms with Crippen molar-refractivity contribution in [3.63, 3.8) is 0 Å². The van der Waals surface area contributed by atoms with E-state index in [1.54, 1.807) is 0 Å². The first-order chi connectivity index (χ1) is 6.15. The highest BCUT2D eigenvalue weighted by Gasteiger charge is 2.22. The van der Waals surface area contributed by atoms with Crippen molar-refractivity contribution in [3.05, 3.63) is 11.8 Å². The number of hydrogen-bond acceptors (Lipinski definition) is 5. The molecule has 0 saturated carbocycles. The van der Waals surface area contributed by atoms with Crippen LogP contribution in [0, 0.1) is 0 Å². The molecule has 0 aromatic carbocycles. The summed E-state index contributed by atoms with van der Waals surface area (Å²) in [4.78, 5) is 10.7. The van der Waals surface area contributed by atoms with E-state index in [-0.39, 0.29) is 12.4 Å². The molecule has 6 heteroatoms. The first-order valence-corrected chi connectivity index (χ1v) is 3.80. The minimum Gasteiger partial charge on any atom is -0.481 e. The van der Waals surface area contributed by atoms with Crippen molar-refractivity contribution in [2.75, 3.05) is 12.3 Å². The van der Waals surface area contributed by atoms with Crippen molar-refractivity contribution >= 4 is 11.9 Å². The standard InChI is InChI=1S/C7H11N3O3/c8-2-1-4(7(11)12)5-3-6(9)13-10-5/h3-4H,1-2,8-9H2,(H,11,12). The van der Waals surface area contributed by atoms with Crippen LogP contribution in [0.3, 0.4) is 0 Å². The number of carbonyl (C=O) groups is 1.